The van der Waals surface area contributed by atoms with E-state index < -0.39 is 27.7 Å². The number of nitrogens with zero attached hydrogens (tertiary/aromatic N) is 2. The molecule has 1 aliphatic carbocycles. The summed E-state index contributed by atoms with van der Waals surface area (Å²) in [6.07, 6.45) is -1.99. The highest BCUT2D eigenvalue weighted by Gasteiger charge is 2.38. The van der Waals surface area contributed by atoms with Crippen LogP contribution < -0.4 is 10.5 Å². The maximum absolute atomic E-state index is 13.2. The highest BCUT2D eigenvalue weighted by molar-refractivity contribution is 7.92. The number of rotatable bonds is 3. The van der Waals surface area contributed by atoms with Crippen LogP contribution in [-0.4, -0.2) is 20.1 Å². The van der Waals surface area contributed by atoms with E-state index in [0.717, 1.165) is 6.20 Å². The third-order valence-corrected chi connectivity index (χ3v) is 6.44. The molecule has 2 aromatic heterocycles. The van der Waals surface area contributed by atoms with Crippen molar-refractivity contribution >= 4 is 32.8 Å². The summed E-state index contributed by atoms with van der Waals surface area (Å²) in [6.45, 7) is 1.26. The van der Waals surface area contributed by atoms with Crippen LogP contribution in [0.1, 0.15) is 38.7 Å². The molecule has 140 valence electrons. The fourth-order valence-corrected chi connectivity index (χ4v) is 4.29. The fraction of sp³-hybridized carbons (Fsp3) is 0.357. The van der Waals surface area contributed by atoms with Gasteiger partial charge in [0.15, 0.2) is 5.01 Å². The fourth-order valence-electron chi connectivity index (χ4n) is 2.80. The summed E-state index contributed by atoms with van der Waals surface area (Å²) in [5, 5.41) is 7.53. The Morgan fingerprint density at radius 1 is 1.42 bits per heavy atom. The van der Waals surface area contributed by atoms with Crippen molar-refractivity contribution in [3.63, 3.8) is 0 Å². The average Bonchev–Trinajstić information content (AvgIpc) is 3.16. The lowest BCUT2D eigenvalue weighted by atomic mass is 10.1. The molecule has 1 aliphatic rings. The third-order valence-electron chi connectivity index (χ3n) is 3.95. The van der Waals surface area contributed by atoms with Crippen LogP contribution in [-0.2, 0) is 28.9 Å². The topological polar surface area (TPSA) is 122 Å². The van der Waals surface area contributed by atoms with Crippen LogP contribution in [0, 0.1) is 11.7 Å². The Bertz CT molecular complexity index is 999. The molecule has 4 N–H and O–H groups in total. The molecular weight excluding hydrogens is 391 g/mol. The highest BCUT2D eigenvalue weighted by Crippen LogP contribution is 2.39. The van der Waals surface area contributed by atoms with Crippen LogP contribution in [0.25, 0.3) is 0 Å². The zero-order valence-electron chi connectivity index (χ0n) is 13.4. The molecular formula is C14H14F3N5O2S2. The molecule has 12 heteroatoms. The number of halogens is 3. The van der Waals surface area contributed by atoms with Crippen molar-refractivity contribution < 1.29 is 22.2 Å². The molecule has 0 saturated carbocycles. The molecule has 2 heterocycles. The Morgan fingerprint density at radius 3 is 2.69 bits per heavy atom. The molecule has 1 amide bonds. The number of nitrogens with two attached hydrogens (primary N) is 1. The number of alkyl halides is 3. The van der Waals surface area contributed by atoms with E-state index in [2.05, 4.69) is 15.3 Å². The molecule has 2 aromatic rings. The smallest absolute Gasteiger partial charge is 0.319 e. The first-order chi connectivity index (χ1) is 12.0. The number of hydrogen-bond donors (Lipinski definition) is 3. The number of hydrogen-bond acceptors (Lipinski definition) is 6. The monoisotopic (exact) mass is 405 g/mol. The van der Waals surface area contributed by atoms with Crippen LogP contribution in [0.2, 0.25) is 0 Å². The number of aryl methyl sites for hydroxylation is 1. The number of aromatic nitrogens is 2. The molecule has 0 bridgehead atoms. The molecule has 1 unspecified atom stereocenters. The van der Waals surface area contributed by atoms with E-state index in [0.29, 0.717) is 41.9 Å². The van der Waals surface area contributed by atoms with Crippen molar-refractivity contribution in [3.05, 3.63) is 33.7 Å². The molecule has 3 rings (SSSR count). The van der Waals surface area contributed by atoms with Crippen LogP contribution in [0.5, 0.6) is 0 Å². The van der Waals surface area contributed by atoms with Crippen LogP contribution in [0.3, 0.4) is 0 Å². The van der Waals surface area contributed by atoms with Gasteiger partial charge in [0.2, 0.25) is 0 Å². The number of carbonyl (C=O) groups is 1. The van der Waals surface area contributed by atoms with Crippen molar-refractivity contribution in [2.75, 3.05) is 5.32 Å². The molecule has 1 atom stereocenters. The number of amides is 1. The van der Waals surface area contributed by atoms with Gasteiger partial charge in [0.1, 0.15) is 19.8 Å². The van der Waals surface area contributed by atoms with E-state index in [1.165, 1.54) is 6.92 Å². The Balaban J connectivity index is 2.01. The van der Waals surface area contributed by atoms with Crippen molar-refractivity contribution in [1.82, 2.24) is 9.97 Å². The van der Waals surface area contributed by atoms with Gasteiger partial charge in [-0.1, -0.05) is 11.3 Å². The highest BCUT2D eigenvalue weighted by atomic mass is 32.2. The lowest BCUT2D eigenvalue weighted by molar-refractivity contribution is -0.141. The number of nitrogens with one attached hydrogen (secondary N) is 2. The van der Waals surface area contributed by atoms with Gasteiger partial charge in [0.25, 0.3) is 5.91 Å². The lowest BCUT2D eigenvalue weighted by Gasteiger charge is -2.17. The van der Waals surface area contributed by atoms with Crippen molar-refractivity contribution in [3.8, 4) is 0 Å². The minimum absolute atomic E-state index is 0.0842. The molecule has 0 spiro atoms. The minimum atomic E-state index is -4.63. The van der Waals surface area contributed by atoms with Crippen LogP contribution in [0.4, 0.5) is 18.9 Å². The molecule has 0 fully saturated rings. The zero-order chi connectivity index (χ0) is 19.3. The Kier molecular flexibility index (Phi) is 4.53. The second kappa shape index (κ2) is 6.28. The standard InChI is InChI=1S/C14H14F3N5O2S2/c1-6-10(7-3-2-4-8(7)21-11(6)14(15,16)17)22-12(23)13-20-5-9(25-13)26(18,19)24/h5H,2-4H2,1H3,(H3,18,19,24)(H,21,22,23). The first kappa shape index (κ1) is 18.7. The molecule has 0 saturated heterocycles. The summed E-state index contributed by atoms with van der Waals surface area (Å²) in [5.74, 6) is -0.749. The third kappa shape index (κ3) is 3.44. The normalized spacial score (nSPS) is 16.2. The van der Waals surface area contributed by atoms with Crippen LogP contribution in [0.15, 0.2) is 10.4 Å². The number of pyridine rings is 1. The summed E-state index contributed by atoms with van der Waals surface area (Å²) >= 11 is 0.667. The average molecular weight is 405 g/mol. The predicted octanol–water partition coefficient (Wildman–Crippen LogP) is 2.89. The van der Waals surface area contributed by atoms with Gasteiger partial charge in [-0.05, 0) is 31.7 Å². The van der Waals surface area contributed by atoms with E-state index in [1.54, 1.807) is 0 Å². The summed E-state index contributed by atoms with van der Waals surface area (Å²) < 4.78 is 58.4. The van der Waals surface area contributed by atoms with Gasteiger partial charge < -0.3 is 5.32 Å². The van der Waals surface area contributed by atoms with Crippen molar-refractivity contribution in [1.29, 1.82) is 4.78 Å². The second-order valence-electron chi connectivity index (χ2n) is 5.78. The van der Waals surface area contributed by atoms with E-state index in [9.17, 15) is 22.2 Å². The maximum atomic E-state index is 13.2. The van der Waals surface area contributed by atoms with E-state index in [-0.39, 0.29) is 20.5 Å². The SMILES string of the molecule is Cc1c(C(F)(F)F)nc2c(c1NC(=O)c1ncc(S(=N)(N)=O)s1)CCC2. The summed E-state index contributed by atoms with van der Waals surface area (Å²) in [4.78, 5) is 19.9. The summed E-state index contributed by atoms with van der Waals surface area (Å²) in [5.41, 5.74) is -0.185. The summed E-state index contributed by atoms with van der Waals surface area (Å²) in [6, 6.07) is 0. The van der Waals surface area contributed by atoms with Crippen molar-refractivity contribution in [2.45, 2.75) is 36.6 Å². The van der Waals surface area contributed by atoms with E-state index in [1.807, 2.05) is 0 Å². The van der Waals surface area contributed by atoms with Crippen molar-refractivity contribution in [2.24, 2.45) is 5.14 Å². The molecule has 26 heavy (non-hydrogen) atoms. The van der Waals surface area contributed by atoms with Gasteiger partial charge in [-0.15, -0.1) is 0 Å². The lowest BCUT2D eigenvalue weighted by Crippen LogP contribution is -2.19. The van der Waals surface area contributed by atoms with Gasteiger partial charge in [0, 0.05) is 11.3 Å². The van der Waals surface area contributed by atoms with E-state index >= 15 is 0 Å². The zero-order valence-corrected chi connectivity index (χ0v) is 15.1. The molecule has 0 radical (unpaired) electrons. The predicted molar refractivity (Wildman–Crippen MR) is 89.4 cm³/mol. The van der Waals surface area contributed by atoms with Gasteiger partial charge in [-0.2, -0.15) is 13.2 Å². The maximum Gasteiger partial charge on any atom is 0.433 e. The molecule has 7 nitrogen and oxygen atoms in total. The van der Waals surface area contributed by atoms with E-state index in [4.69, 9.17) is 9.92 Å². The number of fused-ring (bicyclic) bond motifs is 1. The largest absolute Gasteiger partial charge is 0.433 e. The quantitative estimate of drug-likeness (QED) is 0.727. The number of carbonyl (C=O) groups excluding carboxylic acids is 1. The van der Waals surface area contributed by atoms with Crippen LogP contribution >= 0.6 is 11.3 Å². The first-order valence-corrected chi connectivity index (χ1v) is 9.85. The van der Waals surface area contributed by atoms with Gasteiger partial charge in [-0.3, -0.25) is 4.79 Å². The number of thiazole rings is 1. The second-order valence-corrected chi connectivity index (χ2v) is 8.71. The Labute approximate surface area is 151 Å². The Morgan fingerprint density at radius 2 is 2.12 bits per heavy atom. The van der Waals surface area contributed by atoms with Gasteiger partial charge in [-0.25, -0.2) is 24.1 Å². The van der Waals surface area contributed by atoms with Gasteiger partial charge in [0.05, 0.1) is 11.9 Å². The molecule has 0 aliphatic heterocycles. The van der Waals surface area contributed by atoms with Gasteiger partial charge >= 0.3 is 6.18 Å². The molecule has 0 aromatic carbocycles. The summed E-state index contributed by atoms with van der Waals surface area (Å²) in [7, 11) is -3.51. The number of anilines is 1. The Hall–Kier alpha value is -2.05. The first-order valence-electron chi connectivity index (χ1n) is 7.41. The minimum Gasteiger partial charge on any atom is -0.319 e.